The molecule has 2 rings (SSSR count). The zero-order valence-electron chi connectivity index (χ0n) is 9.75. The van der Waals surface area contributed by atoms with Crippen molar-refractivity contribution in [1.82, 2.24) is 0 Å². The van der Waals surface area contributed by atoms with Crippen LogP contribution in [0.3, 0.4) is 0 Å². The normalized spacial score (nSPS) is 31.3. The molecule has 1 fully saturated rings. The summed E-state index contributed by atoms with van der Waals surface area (Å²) in [6.45, 7) is 2.09. The lowest BCUT2D eigenvalue weighted by Gasteiger charge is -2.30. The van der Waals surface area contributed by atoms with Crippen molar-refractivity contribution in [1.29, 1.82) is 0 Å². The molecular formula is C14H19ClO. The summed E-state index contributed by atoms with van der Waals surface area (Å²) in [6.07, 6.45) is 11.4. The summed E-state index contributed by atoms with van der Waals surface area (Å²) in [6, 6.07) is 0. The van der Waals surface area contributed by atoms with Gasteiger partial charge in [0.1, 0.15) is 0 Å². The van der Waals surface area contributed by atoms with E-state index in [9.17, 15) is 5.11 Å². The van der Waals surface area contributed by atoms with Crippen LogP contribution in [0.15, 0.2) is 34.4 Å². The SMILES string of the molecule is CC1=CC(Cl)=CCC=C1C1CCCCC1O. The fraction of sp³-hybridized carbons (Fsp3) is 0.571. The van der Waals surface area contributed by atoms with Crippen molar-refractivity contribution in [2.24, 2.45) is 5.92 Å². The molecule has 0 heterocycles. The quantitative estimate of drug-likeness (QED) is 0.734. The van der Waals surface area contributed by atoms with Gasteiger partial charge in [0.25, 0.3) is 0 Å². The number of halogens is 1. The van der Waals surface area contributed by atoms with Gasteiger partial charge in [0.15, 0.2) is 0 Å². The molecule has 2 aliphatic rings. The molecule has 0 saturated heterocycles. The average molecular weight is 239 g/mol. The Kier molecular flexibility index (Phi) is 3.88. The van der Waals surface area contributed by atoms with Gasteiger partial charge in [-0.15, -0.1) is 0 Å². The van der Waals surface area contributed by atoms with Crippen molar-refractivity contribution in [3.05, 3.63) is 34.4 Å². The number of aliphatic hydroxyl groups is 1. The van der Waals surface area contributed by atoms with Crippen LogP contribution in [0, 0.1) is 5.92 Å². The highest BCUT2D eigenvalue weighted by Gasteiger charge is 2.27. The summed E-state index contributed by atoms with van der Waals surface area (Å²) in [5, 5.41) is 10.9. The first kappa shape index (κ1) is 11.9. The minimum atomic E-state index is -0.166. The minimum Gasteiger partial charge on any atom is -0.392 e. The first-order valence-electron chi connectivity index (χ1n) is 6.11. The van der Waals surface area contributed by atoms with Gasteiger partial charge in [-0.1, -0.05) is 36.6 Å². The van der Waals surface area contributed by atoms with Crippen molar-refractivity contribution < 1.29 is 5.11 Å². The van der Waals surface area contributed by atoms with E-state index in [2.05, 4.69) is 13.0 Å². The summed E-state index contributed by atoms with van der Waals surface area (Å²) in [5.41, 5.74) is 2.52. The minimum absolute atomic E-state index is 0.166. The third kappa shape index (κ3) is 2.58. The van der Waals surface area contributed by atoms with Gasteiger partial charge in [0.05, 0.1) is 6.10 Å². The molecule has 1 N–H and O–H groups in total. The second-order valence-corrected chi connectivity index (χ2v) is 5.21. The highest BCUT2D eigenvalue weighted by atomic mass is 35.5. The molecule has 2 heteroatoms. The van der Waals surface area contributed by atoms with E-state index in [4.69, 9.17) is 11.6 Å². The monoisotopic (exact) mass is 238 g/mol. The summed E-state index contributed by atoms with van der Waals surface area (Å²) >= 11 is 6.05. The Morgan fingerprint density at radius 3 is 2.75 bits per heavy atom. The molecule has 0 aromatic rings. The molecule has 0 amide bonds. The molecule has 0 bridgehead atoms. The van der Waals surface area contributed by atoms with E-state index in [0.717, 1.165) is 30.7 Å². The summed E-state index contributed by atoms with van der Waals surface area (Å²) in [4.78, 5) is 0. The fourth-order valence-electron chi connectivity index (χ4n) is 2.73. The molecule has 0 spiro atoms. The fourth-order valence-corrected chi connectivity index (χ4v) is 2.98. The van der Waals surface area contributed by atoms with E-state index >= 15 is 0 Å². The number of allylic oxidation sites excluding steroid dienone is 5. The molecule has 2 unspecified atom stereocenters. The van der Waals surface area contributed by atoms with Gasteiger partial charge in [0.2, 0.25) is 0 Å². The van der Waals surface area contributed by atoms with Gasteiger partial charge in [-0.05, 0) is 43.4 Å². The van der Waals surface area contributed by atoms with Crippen LogP contribution in [-0.4, -0.2) is 11.2 Å². The van der Waals surface area contributed by atoms with Gasteiger partial charge in [-0.2, -0.15) is 0 Å². The Bertz CT molecular complexity index is 352. The molecule has 0 aromatic carbocycles. The maximum Gasteiger partial charge on any atom is 0.0608 e. The van der Waals surface area contributed by atoms with Crippen LogP contribution >= 0.6 is 11.6 Å². The molecule has 2 aliphatic carbocycles. The largest absolute Gasteiger partial charge is 0.392 e. The zero-order valence-corrected chi connectivity index (χ0v) is 10.5. The number of hydrogen-bond donors (Lipinski definition) is 1. The lowest BCUT2D eigenvalue weighted by Crippen LogP contribution is -2.26. The standard InChI is InChI=1S/C14H19ClO/c1-10-9-11(15)5-4-7-12(10)13-6-2-3-8-14(13)16/h5,7,9,13-14,16H,2-4,6,8H2,1H3. The van der Waals surface area contributed by atoms with Crippen LogP contribution in [0.1, 0.15) is 39.0 Å². The van der Waals surface area contributed by atoms with Crippen molar-refractivity contribution in [3.63, 3.8) is 0 Å². The molecule has 0 radical (unpaired) electrons. The summed E-state index contributed by atoms with van der Waals surface area (Å²) in [5.74, 6) is 0.320. The van der Waals surface area contributed by atoms with Crippen LogP contribution in [0.4, 0.5) is 0 Å². The van der Waals surface area contributed by atoms with Gasteiger partial charge in [0, 0.05) is 11.0 Å². The van der Waals surface area contributed by atoms with Crippen LogP contribution in [0.5, 0.6) is 0 Å². The van der Waals surface area contributed by atoms with Crippen LogP contribution < -0.4 is 0 Å². The first-order valence-corrected chi connectivity index (χ1v) is 6.48. The van der Waals surface area contributed by atoms with Crippen LogP contribution in [0.25, 0.3) is 0 Å². The lowest BCUT2D eigenvalue weighted by molar-refractivity contribution is 0.0882. The van der Waals surface area contributed by atoms with Crippen LogP contribution in [0.2, 0.25) is 0 Å². The molecular weight excluding hydrogens is 220 g/mol. The highest BCUT2D eigenvalue weighted by molar-refractivity contribution is 6.31. The molecule has 2 atom stereocenters. The Hall–Kier alpha value is -0.530. The smallest absolute Gasteiger partial charge is 0.0608 e. The van der Waals surface area contributed by atoms with Gasteiger partial charge >= 0.3 is 0 Å². The third-order valence-electron chi connectivity index (χ3n) is 3.59. The Balaban J connectivity index is 2.20. The van der Waals surface area contributed by atoms with Gasteiger partial charge in [-0.25, -0.2) is 0 Å². The van der Waals surface area contributed by atoms with Gasteiger partial charge in [-0.3, -0.25) is 0 Å². The highest BCUT2D eigenvalue weighted by Crippen LogP contribution is 2.35. The Labute approximate surface area is 103 Å². The van der Waals surface area contributed by atoms with Gasteiger partial charge < -0.3 is 5.11 Å². The lowest BCUT2D eigenvalue weighted by atomic mass is 9.79. The Morgan fingerprint density at radius 2 is 2.00 bits per heavy atom. The van der Waals surface area contributed by atoms with Crippen molar-refractivity contribution >= 4 is 11.6 Å². The first-order chi connectivity index (χ1) is 7.68. The predicted octanol–water partition coefficient (Wildman–Crippen LogP) is 3.94. The van der Waals surface area contributed by atoms with E-state index in [1.54, 1.807) is 0 Å². The second kappa shape index (κ2) is 5.20. The number of hydrogen-bond acceptors (Lipinski definition) is 1. The van der Waals surface area contributed by atoms with E-state index in [1.165, 1.54) is 17.6 Å². The molecule has 0 aromatic heterocycles. The van der Waals surface area contributed by atoms with E-state index < -0.39 is 0 Å². The van der Waals surface area contributed by atoms with Crippen LogP contribution in [-0.2, 0) is 0 Å². The maximum absolute atomic E-state index is 10.1. The molecule has 16 heavy (non-hydrogen) atoms. The predicted molar refractivity (Wildman–Crippen MR) is 68.4 cm³/mol. The number of rotatable bonds is 1. The third-order valence-corrected chi connectivity index (χ3v) is 3.85. The Morgan fingerprint density at radius 1 is 1.25 bits per heavy atom. The molecule has 0 aliphatic heterocycles. The van der Waals surface area contributed by atoms with E-state index in [-0.39, 0.29) is 6.10 Å². The zero-order chi connectivity index (χ0) is 11.5. The second-order valence-electron chi connectivity index (χ2n) is 4.77. The average Bonchev–Trinajstić information content (AvgIpc) is 2.40. The van der Waals surface area contributed by atoms with E-state index in [0.29, 0.717) is 5.92 Å². The van der Waals surface area contributed by atoms with Crippen molar-refractivity contribution in [2.45, 2.75) is 45.1 Å². The van der Waals surface area contributed by atoms with Crippen molar-refractivity contribution in [2.75, 3.05) is 0 Å². The molecule has 1 nitrogen and oxygen atoms in total. The van der Waals surface area contributed by atoms with E-state index in [1.807, 2.05) is 12.2 Å². The molecule has 1 saturated carbocycles. The van der Waals surface area contributed by atoms with Crippen molar-refractivity contribution in [3.8, 4) is 0 Å². The number of aliphatic hydroxyl groups excluding tert-OH is 1. The summed E-state index contributed by atoms with van der Waals surface area (Å²) in [7, 11) is 0. The topological polar surface area (TPSA) is 20.2 Å². The summed E-state index contributed by atoms with van der Waals surface area (Å²) < 4.78 is 0. The maximum atomic E-state index is 10.1. The molecule has 88 valence electrons.